The summed E-state index contributed by atoms with van der Waals surface area (Å²) >= 11 is 9.52. The summed E-state index contributed by atoms with van der Waals surface area (Å²) < 4.78 is 12.0. The van der Waals surface area contributed by atoms with Crippen LogP contribution in [0.2, 0.25) is 5.02 Å². The quantitative estimate of drug-likeness (QED) is 0.872. The van der Waals surface area contributed by atoms with Crippen molar-refractivity contribution in [1.29, 1.82) is 0 Å². The van der Waals surface area contributed by atoms with Gasteiger partial charge >= 0.3 is 0 Å². The molecule has 0 aromatic heterocycles. The van der Waals surface area contributed by atoms with Gasteiger partial charge in [-0.15, -0.1) is 0 Å². The van der Waals surface area contributed by atoms with Crippen LogP contribution in [-0.2, 0) is 13.2 Å². The van der Waals surface area contributed by atoms with E-state index in [2.05, 4.69) is 15.9 Å². The highest BCUT2D eigenvalue weighted by Crippen LogP contribution is 2.29. The zero-order chi connectivity index (χ0) is 14.5. The molecule has 1 N–H and O–H groups in total. The third-order valence-corrected chi connectivity index (χ3v) is 3.59. The molecule has 2 rings (SSSR count). The van der Waals surface area contributed by atoms with Crippen LogP contribution in [0, 0.1) is 0 Å². The average molecular weight is 358 g/mol. The summed E-state index contributed by atoms with van der Waals surface area (Å²) in [5.74, 6) is 1.34. The number of hydrogen-bond donors (Lipinski definition) is 1. The maximum absolute atomic E-state index is 9.04. The largest absolute Gasteiger partial charge is 0.496 e. The Morgan fingerprint density at radius 2 is 1.90 bits per heavy atom. The van der Waals surface area contributed by atoms with Crippen LogP contribution in [0.1, 0.15) is 11.1 Å². The number of methoxy groups -OCH3 is 1. The minimum Gasteiger partial charge on any atom is -0.496 e. The summed E-state index contributed by atoms with van der Waals surface area (Å²) in [7, 11) is 1.62. The van der Waals surface area contributed by atoms with Gasteiger partial charge in [-0.2, -0.15) is 0 Å². The number of hydrogen-bond acceptors (Lipinski definition) is 3. The highest BCUT2D eigenvalue weighted by Gasteiger charge is 2.07. The number of aliphatic hydroxyl groups excluding tert-OH is 1. The molecule has 0 atom stereocenters. The Balaban J connectivity index is 2.14. The third kappa shape index (κ3) is 3.66. The maximum atomic E-state index is 9.04. The molecule has 106 valence electrons. The molecule has 0 saturated carbocycles. The summed E-state index contributed by atoms with van der Waals surface area (Å²) in [5, 5.41) is 9.52. The molecule has 2 aromatic rings. The molecule has 0 aliphatic rings. The van der Waals surface area contributed by atoms with Crippen LogP contribution in [0.5, 0.6) is 11.5 Å². The van der Waals surface area contributed by atoms with Crippen LogP contribution in [0.15, 0.2) is 40.9 Å². The molecular weight excluding hydrogens is 344 g/mol. The molecule has 0 heterocycles. The predicted molar refractivity (Wildman–Crippen MR) is 82.4 cm³/mol. The van der Waals surface area contributed by atoms with Gasteiger partial charge in [0, 0.05) is 10.0 Å². The van der Waals surface area contributed by atoms with Crippen molar-refractivity contribution in [1.82, 2.24) is 0 Å². The topological polar surface area (TPSA) is 38.7 Å². The molecule has 5 heteroatoms. The second-order valence-corrected chi connectivity index (χ2v) is 5.49. The minimum absolute atomic E-state index is 0.0422. The lowest BCUT2D eigenvalue weighted by atomic mass is 10.2. The molecule has 0 aliphatic heterocycles. The van der Waals surface area contributed by atoms with Gasteiger partial charge < -0.3 is 14.6 Å². The first kappa shape index (κ1) is 15.2. The van der Waals surface area contributed by atoms with Crippen molar-refractivity contribution in [3.8, 4) is 11.5 Å². The van der Waals surface area contributed by atoms with Crippen LogP contribution in [0.3, 0.4) is 0 Å². The first-order valence-corrected chi connectivity index (χ1v) is 7.15. The standard InChI is InChI=1S/C15H14BrClO3/c1-19-14-5-3-12(16)7-11(14)9-20-15-4-2-10(8-18)6-13(15)17/h2-7,18H,8-9H2,1H3. The van der Waals surface area contributed by atoms with Gasteiger partial charge in [-0.05, 0) is 35.9 Å². The highest BCUT2D eigenvalue weighted by molar-refractivity contribution is 9.10. The number of rotatable bonds is 5. The van der Waals surface area contributed by atoms with E-state index in [1.807, 2.05) is 18.2 Å². The maximum Gasteiger partial charge on any atom is 0.138 e. The number of halogens is 2. The van der Waals surface area contributed by atoms with Crippen molar-refractivity contribution in [2.75, 3.05) is 7.11 Å². The van der Waals surface area contributed by atoms with E-state index >= 15 is 0 Å². The van der Waals surface area contributed by atoms with Crippen LogP contribution in [0.4, 0.5) is 0 Å². The van der Waals surface area contributed by atoms with Gasteiger partial charge in [0.2, 0.25) is 0 Å². The fourth-order valence-electron chi connectivity index (χ4n) is 1.78. The van der Waals surface area contributed by atoms with E-state index in [9.17, 15) is 0 Å². The van der Waals surface area contributed by atoms with E-state index in [1.165, 1.54) is 0 Å². The van der Waals surface area contributed by atoms with Crippen molar-refractivity contribution in [2.45, 2.75) is 13.2 Å². The number of aliphatic hydroxyl groups is 1. The molecular formula is C15H14BrClO3. The van der Waals surface area contributed by atoms with Gasteiger partial charge in [0.15, 0.2) is 0 Å². The van der Waals surface area contributed by atoms with Crippen molar-refractivity contribution >= 4 is 27.5 Å². The van der Waals surface area contributed by atoms with Gasteiger partial charge in [-0.1, -0.05) is 33.6 Å². The van der Waals surface area contributed by atoms with Crippen LogP contribution < -0.4 is 9.47 Å². The van der Waals surface area contributed by atoms with Gasteiger partial charge in [-0.25, -0.2) is 0 Å². The van der Waals surface area contributed by atoms with Crippen molar-refractivity contribution in [3.05, 3.63) is 57.0 Å². The Morgan fingerprint density at radius 3 is 2.55 bits per heavy atom. The van der Waals surface area contributed by atoms with Crippen molar-refractivity contribution in [3.63, 3.8) is 0 Å². The summed E-state index contributed by atoms with van der Waals surface area (Å²) in [5.41, 5.74) is 1.67. The van der Waals surface area contributed by atoms with Crippen LogP contribution in [0.25, 0.3) is 0 Å². The van der Waals surface area contributed by atoms with Gasteiger partial charge in [0.1, 0.15) is 18.1 Å². The van der Waals surface area contributed by atoms with E-state index in [0.717, 1.165) is 21.3 Å². The Bertz CT molecular complexity index is 602. The molecule has 0 radical (unpaired) electrons. The number of ether oxygens (including phenoxy) is 2. The van der Waals surface area contributed by atoms with Gasteiger partial charge in [0.25, 0.3) is 0 Å². The van der Waals surface area contributed by atoms with Crippen LogP contribution >= 0.6 is 27.5 Å². The fourth-order valence-corrected chi connectivity index (χ4v) is 2.44. The zero-order valence-electron chi connectivity index (χ0n) is 10.9. The summed E-state index contributed by atoms with van der Waals surface area (Å²) in [6.07, 6.45) is 0. The lowest BCUT2D eigenvalue weighted by molar-refractivity contribution is 0.280. The summed E-state index contributed by atoms with van der Waals surface area (Å²) in [4.78, 5) is 0. The van der Waals surface area contributed by atoms with E-state index in [-0.39, 0.29) is 6.61 Å². The minimum atomic E-state index is -0.0422. The Kier molecular flexibility index (Phi) is 5.29. The molecule has 0 unspecified atom stereocenters. The second kappa shape index (κ2) is 6.97. The summed E-state index contributed by atoms with van der Waals surface area (Å²) in [6.45, 7) is 0.306. The molecule has 0 amide bonds. The Labute approximate surface area is 131 Å². The average Bonchev–Trinajstić information content (AvgIpc) is 2.46. The molecule has 2 aromatic carbocycles. The smallest absolute Gasteiger partial charge is 0.138 e. The molecule has 0 fully saturated rings. The fraction of sp³-hybridized carbons (Fsp3) is 0.200. The van der Waals surface area contributed by atoms with E-state index < -0.39 is 0 Å². The van der Waals surface area contributed by atoms with E-state index in [1.54, 1.807) is 25.3 Å². The first-order chi connectivity index (χ1) is 9.63. The predicted octanol–water partition coefficient (Wildman–Crippen LogP) is 4.18. The van der Waals surface area contributed by atoms with Crippen LogP contribution in [-0.4, -0.2) is 12.2 Å². The normalized spacial score (nSPS) is 10.4. The van der Waals surface area contributed by atoms with Crippen molar-refractivity contribution < 1.29 is 14.6 Å². The summed E-state index contributed by atoms with van der Waals surface area (Å²) in [6, 6.07) is 10.9. The molecule has 0 spiro atoms. The molecule has 0 bridgehead atoms. The van der Waals surface area contributed by atoms with Crippen molar-refractivity contribution in [2.24, 2.45) is 0 Å². The second-order valence-electron chi connectivity index (χ2n) is 4.17. The molecule has 0 saturated heterocycles. The third-order valence-electron chi connectivity index (χ3n) is 2.80. The molecule has 20 heavy (non-hydrogen) atoms. The molecule has 0 aliphatic carbocycles. The van der Waals surface area contributed by atoms with E-state index in [4.69, 9.17) is 26.2 Å². The molecule has 3 nitrogen and oxygen atoms in total. The monoisotopic (exact) mass is 356 g/mol. The lowest BCUT2D eigenvalue weighted by Crippen LogP contribution is -1.99. The highest BCUT2D eigenvalue weighted by atomic mass is 79.9. The first-order valence-electron chi connectivity index (χ1n) is 5.98. The number of benzene rings is 2. The lowest BCUT2D eigenvalue weighted by Gasteiger charge is -2.12. The van der Waals surface area contributed by atoms with Gasteiger partial charge in [-0.3, -0.25) is 0 Å². The SMILES string of the molecule is COc1ccc(Br)cc1COc1ccc(CO)cc1Cl. The Morgan fingerprint density at radius 1 is 1.15 bits per heavy atom. The van der Waals surface area contributed by atoms with Gasteiger partial charge in [0.05, 0.1) is 18.7 Å². The Hall–Kier alpha value is -1.23. The van der Waals surface area contributed by atoms with E-state index in [0.29, 0.717) is 17.4 Å². The zero-order valence-corrected chi connectivity index (χ0v) is 13.2.